The SMILES string of the molecule is COC(=O)CCNC(=O)c1ccc(C(CCC(F)(F)F)Oc2ccc(-c3ccc(C(F)(F)F)cc3)nc2)cc1. The number of hydrogen-bond donors (Lipinski definition) is 1. The molecule has 39 heavy (non-hydrogen) atoms. The molecule has 0 aliphatic heterocycles. The summed E-state index contributed by atoms with van der Waals surface area (Å²) in [6.07, 6.45) is -10.2. The van der Waals surface area contributed by atoms with E-state index in [-0.39, 0.29) is 24.3 Å². The van der Waals surface area contributed by atoms with Crippen LogP contribution in [0.25, 0.3) is 11.3 Å². The maximum absolute atomic E-state index is 13.0. The Labute approximate surface area is 220 Å². The van der Waals surface area contributed by atoms with Crippen molar-refractivity contribution in [2.24, 2.45) is 0 Å². The minimum Gasteiger partial charge on any atom is -0.484 e. The molecule has 6 nitrogen and oxygen atoms in total. The maximum Gasteiger partial charge on any atom is 0.416 e. The zero-order chi connectivity index (χ0) is 28.6. The van der Waals surface area contributed by atoms with Gasteiger partial charge < -0.3 is 14.8 Å². The number of ether oxygens (including phenoxy) is 2. The third-order valence-corrected chi connectivity index (χ3v) is 5.60. The van der Waals surface area contributed by atoms with Crippen molar-refractivity contribution in [1.29, 1.82) is 0 Å². The van der Waals surface area contributed by atoms with Crippen molar-refractivity contribution < 1.29 is 45.4 Å². The predicted octanol–water partition coefficient (Wildman–Crippen LogP) is 6.52. The topological polar surface area (TPSA) is 77.5 Å². The molecule has 2 aromatic carbocycles. The summed E-state index contributed by atoms with van der Waals surface area (Å²) in [5.74, 6) is -0.805. The Morgan fingerprint density at radius 3 is 2.13 bits per heavy atom. The number of esters is 1. The van der Waals surface area contributed by atoms with Gasteiger partial charge in [-0.2, -0.15) is 26.3 Å². The Kier molecular flexibility index (Phi) is 9.55. The Hall–Kier alpha value is -4.09. The highest BCUT2D eigenvalue weighted by molar-refractivity contribution is 5.94. The molecule has 1 heterocycles. The molecule has 1 N–H and O–H groups in total. The summed E-state index contributed by atoms with van der Waals surface area (Å²) >= 11 is 0. The molecular weight excluding hydrogens is 530 g/mol. The monoisotopic (exact) mass is 554 g/mol. The minimum atomic E-state index is -4.47. The molecule has 0 spiro atoms. The average Bonchev–Trinajstić information content (AvgIpc) is 2.90. The van der Waals surface area contributed by atoms with E-state index in [1.165, 1.54) is 61.8 Å². The lowest BCUT2D eigenvalue weighted by atomic mass is 10.0. The summed E-state index contributed by atoms with van der Waals surface area (Å²) < 4.78 is 87.5. The standard InChI is InChI=1S/C27H24F6N2O4/c1-38-24(36)13-15-34-25(37)19-4-2-18(3-5-19)23(12-14-26(28,29)30)39-21-10-11-22(35-16-21)17-6-8-20(9-7-17)27(31,32)33/h2-11,16,23H,12-15H2,1H3,(H,34,37). The quantitative estimate of drug-likeness (QED) is 0.228. The molecule has 0 aliphatic rings. The number of hydrogen-bond acceptors (Lipinski definition) is 5. The van der Waals surface area contributed by atoms with Crippen LogP contribution in [-0.2, 0) is 15.7 Å². The van der Waals surface area contributed by atoms with Crippen molar-refractivity contribution in [3.63, 3.8) is 0 Å². The van der Waals surface area contributed by atoms with Crippen LogP contribution in [0.15, 0.2) is 66.9 Å². The highest BCUT2D eigenvalue weighted by Gasteiger charge is 2.31. The number of aromatic nitrogens is 1. The molecule has 3 aromatic rings. The van der Waals surface area contributed by atoms with E-state index < -0.39 is 48.7 Å². The van der Waals surface area contributed by atoms with Crippen LogP contribution in [0.3, 0.4) is 0 Å². The zero-order valence-corrected chi connectivity index (χ0v) is 20.6. The summed E-state index contributed by atoms with van der Waals surface area (Å²) in [6, 6.07) is 13.1. The van der Waals surface area contributed by atoms with E-state index in [9.17, 15) is 35.9 Å². The van der Waals surface area contributed by atoms with E-state index in [1.807, 2.05) is 0 Å². The zero-order valence-electron chi connectivity index (χ0n) is 20.6. The number of nitrogens with one attached hydrogen (secondary N) is 1. The Bertz CT molecular complexity index is 1240. The third-order valence-electron chi connectivity index (χ3n) is 5.60. The molecule has 0 fully saturated rings. The average molecular weight is 554 g/mol. The van der Waals surface area contributed by atoms with Gasteiger partial charge in [-0.15, -0.1) is 0 Å². The molecule has 0 saturated carbocycles. The fourth-order valence-electron chi connectivity index (χ4n) is 3.53. The highest BCUT2D eigenvalue weighted by atomic mass is 19.4. The van der Waals surface area contributed by atoms with Crippen molar-refractivity contribution in [3.05, 3.63) is 83.6 Å². The Morgan fingerprint density at radius 2 is 1.59 bits per heavy atom. The summed E-state index contributed by atoms with van der Waals surface area (Å²) in [4.78, 5) is 27.6. The largest absolute Gasteiger partial charge is 0.484 e. The molecule has 3 rings (SSSR count). The van der Waals surface area contributed by atoms with Gasteiger partial charge in [-0.1, -0.05) is 24.3 Å². The predicted molar refractivity (Wildman–Crippen MR) is 129 cm³/mol. The molecule has 1 amide bonds. The van der Waals surface area contributed by atoms with Gasteiger partial charge in [0.15, 0.2) is 0 Å². The fraction of sp³-hybridized carbons (Fsp3) is 0.296. The van der Waals surface area contributed by atoms with Gasteiger partial charge in [0, 0.05) is 24.1 Å². The Morgan fingerprint density at radius 1 is 0.923 bits per heavy atom. The number of carbonyl (C=O) groups is 2. The molecule has 0 saturated heterocycles. The van der Waals surface area contributed by atoms with E-state index in [0.717, 1.165) is 12.1 Å². The number of carbonyl (C=O) groups excluding carboxylic acids is 2. The number of rotatable bonds is 10. The van der Waals surface area contributed by atoms with Crippen LogP contribution in [-0.4, -0.2) is 36.7 Å². The molecule has 208 valence electrons. The molecule has 0 bridgehead atoms. The summed E-state index contributed by atoms with van der Waals surface area (Å²) in [7, 11) is 1.23. The lowest BCUT2D eigenvalue weighted by molar-refractivity contribution is -0.140. The maximum atomic E-state index is 13.0. The fourth-order valence-corrected chi connectivity index (χ4v) is 3.53. The van der Waals surface area contributed by atoms with Gasteiger partial charge in [-0.3, -0.25) is 14.6 Å². The molecular formula is C27H24F6N2O4. The molecule has 1 aromatic heterocycles. The second-order valence-corrected chi connectivity index (χ2v) is 8.42. The number of halogens is 6. The van der Waals surface area contributed by atoms with E-state index in [1.54, 1.807) is 0 Å². The van der Waals surface area contributed by atoms with Crippen LogP contribution >= 0.6 is 0 Å². The van der Waals surface area contributed by atoms with Crippen molar-refractivity contribution in [2.75, 3.05) is 13.7 Å². The van der Waals surface area contributed by atoms with Gasteiger partial charge in [0.2, 0.25) is 0 Å². The van der Waals surface area contributed by atoms with Gasteiger partial charge in [0.1, 0.15) is 11.9 Å². The van der Waals surface area contributed by atoms with Gasteiger partial charge in [-0.05, 0) is 48.4 Å². The van der Waals surface area contributed by atoms with Crippen LogP contribution in [0.2, 0.25) is 0 Å². The van der Waals surface area contributed by atoms with E-state index >= 15 is 0 Å². The smallest absolute Gasteiger partial charge is 0.416 e. The number of alkyl halides is 6. The van der Waals surface area contributed by atoms with Crippen molar-refractivity contribution >= 4 is 11.9 Å². The van der Waals surface area contributed by atoms with E-state index in [2.05, 4.69) is 15.0 Å². The number of methoxy groups -OCH3 is 1. The van der Waals surface area contributed by atoms with Crippen molar-refractivity contribution in [3.8, 4) is 17.0 Å². The van der Waals surface area contributed by atoms with Crippen LogP contribution in [0.1, 0.15) is 46.9 Å². The second kappa shape index (κ2) is 12.6. The normalized spacial score (nSPS) is 12.5. The van der Waals surface area contributed by atoms with E-state index in [4.69, 9.17) is 4.74 Å². The summed E-state index contributed by atoms with van der Waals surface area (Å²) in [5.41, 5.74) is 0.593. The number of benzene rings is 2. The second-order valence-electron chi connectivity index (χ2n) is 8.42. The first-order valence-electron chi connectivity index (χ1n) is 11.7. The van der Waals surface area contributed by atoms with Gasteiger partial charge in [-0.25, -0.2) is 0 Å². The lowest BCUT2D eigenvalue weighted by Gasteiger charge is -2.21. The van der Waals surface area contributed by atoms with Crippen LogP contribution in [0.4, 0.5) is 26.3 Å². The summed E-state index contributed by atoms with van der Waals surface area (Å²) in [5, 5.41) is 2.54. The van der Waals surface area contributed by atoms with Crippen molar-refractivity contribution in [1.82, 2.24) is 10.3 Å². The molecule has 0 aliphatic carbocycles. The van der Waals surface area contributed by atoms with Gasteiger partial charge in [0.05, 0.1) is 31.0 Å². The highest BCUT2D eigenvalue weighted by Crippen LogP contribution is 2.33. The first-order valence-corrected chi connectivity index (χ1v) is 11.7. The van der Waals surface area contributed by atoms with E-state index in [0.29, 0.717) is 16.8 Å². The number of amides is 1. The first-order chi connectivity index (χ1) is 18.4. The summed E-state index contributed by atoms with van der Waals surface area (Å²) in [6.45, 7) is 0.0556. The Balaban J connectivity index is 1.72. The molecule has 12 heteroatoms. The lowest BCUT2D eigenvalue weighted by Crippen LogP contribution is -2.26. The molecule has 1 unspecified atom stereocenters. The number of pyridine rings is 1. The van der Waals surface area contributed by atoms with Crippen LogP contribution in [0.5, 0.6) is 5.75 Å². The van der Waals surface area contributed by atoms with Crippen molar-refractivity contribution in [2.45, 2.75) is 37.7 Å². The third kappa shape index (κ3) is 9.01. The number of nitrogens with zero attached hydrogens (tertiary/aromatic N) is 1. The first kappa shape index (κ1) is 29.5. The van der Waals surface area contributed by atoms with Gasteiger partial charge in [0.25, 0.3) is 5.91 Å². The molecule has 0 radical (unpaired) electrons. The van der Waals surface area contributed by atoms with Crippen LogP contribution < -0.4 is 10.1 Å². The molecule has 1 atom stereocenters. The van der Waals surface area contributed by atoms with Crippen LogP contribution in [0, 0.1) is 0 Å². The van der Waals surface area contributed by atoms with Gasteiger partial charge >= 0.3 is 18.3 Å². The minimum absolute atomic E-state index is 0.0145.